The van der Waals surface area contributed by atoms with E-state index in [2.05, 4.69) is 13.8 Å². The number of unbranched alkanes of at least 4 members (excludes halogenated alkanes) is 1. The molecule has 1 heterocycles. The van der Waals surface area contributed by atoms with Crippen LogP contribution in [0.2, 0.25) is 0 Å². The molecule has 2 rings (SSSR count). The van der Waals surface area contributed by atoms with Crippen molar-refractivity contribution in [3.63, 3.8) is 0 Å². The maximum atomic E-state index is 11.0. The Morgan fingerprint density at radius 1 is 1.44 bits per heavy atom. The van der Waals surface area contributed by atoms with Crippen molar-refractivity contribution in [3.8, 4) is 5.75 Å². The van der Waals surface area contributed by atoms with Crippen molar-refractivity contribution < 1.29 is 14.6 Å². The second-order valence-corrected chi connectivity index (χ2v) is 5.93. The maximum absolute atomic E-state index is 11.0. The van der Waals surface area contributed by atoms with Gasteiger partial charge >= 0.3 is 5.97 Å². The van der Waals surface area contributed by atoms with Crippen molar-refractivity contribution in [1.82, 2.24) is 0 Å². The largest absolute Gasteiger partial charge is 0.478 e. The number of rotatable bonds is 5. The Morgan fingerprint density at radius 3 is 2.83 bits per heavy atom. The first-order valence-electron chi connectivity index (χ1n) is 6.35. The van der Waals surface area contributed by atoms with E-state index in [1.165, 1.54) is 0 Å². The van der Waals surface area contributed by atoms with Crippen LogP contribution in [0.3, 0.4) is 0 Å². The van der Waals surface area contributed by atoms with Gasteiger partial charge in [0.25, 0.3) is 0 Å². The van der Waals surface area contributed by atoms with Gasteiger partial charge in [-0.25, -0.2) is 4.79 Å². The summed E-state index contributed by atoms with van der Waals surface area (Å²) in [6, 6.07) is 5.09. The summed E-state index contributed by atoms with van der Waals surface area (Å²) in [6.45, 7) is 4.28. The lowest BCUT2D eigenvalue weighted by Gasteiger charge is -2.26. The number of benzene rings is 1. The molecule has 0 saturated carbocycles. The lowest BCUT2D eigenvalue weighted by Crippen LogP contribution is -2.27. The zero-order valence-electron chi connectivity index (χ0n) is 10.7. The lowest BCUT2D eigenvalue weighted by molar-refractivity contribution is 0.0696. The Balaban J connectivity index is 2.22. The number of hydrogen-bond donors (Lipinski definition) is 1. The van der Waals surface area contributed by atoms with Gasteiger partial charge in [0, 0.05) is 0 Å². The van der Waals surface area contributed by atoms with E-state index in [0.29, 0.717) is 5.56 Å². The van der Waals surface area contributed by atoms with Crippen molar-refractivity contribution in [1.29, 1.82) is 0 Å². The lowest BCUT2D eigenvalue weighted by atomic mass is 10.1. The normalized spacial score (nSPS) is 21.4. The fraction of sp³-hybridized carbons (Fsp3) is 0.500. The number of thioether (sulfide) groups is 1. The van der Waals surface area contributed by atoms with Crippen LogP contribution in [0.25, 0.3) is 0 Å². The summed E-state index contributed by atoms with van der Waals surface area (Å²) >= 11 is 1.67. The molecule has 1 aliphatic rings. The van der Waals surface area contributed by atoms with Crippen molar-refractivity contribution in [2.24, 2.45) is 0 Å². The minimum Gasteiger partial charge on any atom is -0.478 e. The van der Waals surface area contributed by atoms with Crippen LogP contribution < -0.4 is 4.74 Å². The molecule has 1 aromatic rings. The fourth-order valence-electron chi connectivity index (χ4n) is 2.10. The van der Waals surface area contributed by atoms with E-state index in [9.17, 15) is 4.79 Å². The summed E-state index contributed by atoms with van der Waals surface area (Å²) in [6.07, 6.45) is 4.19. The van der Waals surface area contributed by atoms with E-state index in [1.54, 1.807) is 30.0 Å². The molecule has 1 aliphatic heterocycles. The minimum atomic E-state index is -0.888. The molecule has 1 unspecified atom stereocenters. The topological polar surface area (TPSA) is 46.5 Å². The van der Waals surface area contributed by atoms with Gasteiger partial charge < -0.3 is 9.84 Å². The molecular weight excluding hydrogens is 248 g/mol. The van der Waals surface area contributed by atoms with Crippen LogP contribution in [0.4, 0.5) is 0 Å². The number of carboxylic acids is 1. The van der Waals surface area contributed by atoms with Crippen molar-refractivity contribution in [2.75, 3.05) is 0 Å². The molecule has 0 bridgehead atoms. The molecule has 1 atom stereocenters. The summed E-state index contributed by atoms with van der Waals surface area (Å²) in [7, 11) is 0. The highest BCUT2D eigenvalue weighted by molar-refractivity contribution is 8.00. The second-order valence-electron chi connectivity index (χ2n) is 4.54. The number of carboxylic acid groups (broad SMARTS) is 1. The monoisotopic (exact) mass is 266 g/mol. The molecule has 1 aromatic carbocycles. The summed E-state index contributed by atoms with van der Waals surface area (Å²) in [5, 5.41) is 8.99. The molecule has 4 heteroatoms. The Labute approximate surface area is 112 Å². The molecule has 0 fully saturated rings. The quantitative estimate of drug-likeness (QED) is 0.869. The van der Waals surface area contributed by atoms with E-state index in [-0.39, 0.29) is 4.93 Å². The predicted molar refractivity (Wildman–Crippen MR) is 72.4 cm³/mol. The number of aromatic carboxylic acids is 1. The highest BCUT2D eigenvalue weighted by Crippen LogP contribution is 2.51. The third-order valence-corrected chi connectivity index (χ3v) is 4.72. The first kappa shape index (κ1) is 13.3. The molecule has 98 valence electrons. The standard InChI is InChI=1S/C14H18O3S/c1-3-5-8-14(4-2)17-11-7-6-10(13(15)16)9-12(11)18-14/h6-7,9H,3-5,8H2,1-2H3,(H,15,16). The van der Waals surface area contributed by atoms with Crippen LogP contribution in [-0.4, -0.2) is 16.0 Å². The molecule has 0 radical (unpaired) electrons. The zero-order chi connectivity index (χ0) is 13.2. The van der Waals surface area contributed by atoms with Gasteiger partial charge in [-0.2, -0.15) is 0 Å². The van der Waals surface area contributed by atoms with E-state index >= 15 is 0 Å². The molecular formula is C14H18O3S. The average molecular weight is 266 g/mol. The fourth-order valence-corrected chi connectivity index (χ4v) is 3.42. The summed E-state index contributed by atoms with van der Waals surface area (Å²) in [5.41, 5.74) is 0.326. The Morgan fingerprint density at radius 2 is 2.22 bits per heavy atom. The average Bonchev–Trinajstić information content (AvgIpc) is 2.74. The predicted octanol–water partition coefficient (Wildman–Crippen LogP) is 4.17. The third kappa shape index (κ3) is 2.48. The minimum absolute atomic E-state index is 0.199. The number of carbonyl (C=O) groups is 1. The highest BCUT2D eigenvalue weighted by Gasteiger charge is 2.38. The number of hydrogen-bond acceptors (Lipinski definition) is 3. The van der Waals surface area contributed by atoms with Gasteiger partial charge in [0.05, 0.1) is 10.5 Å². The Bertz CT molecular complexity index is 458. The summed E-state index contributed by atoms with van der Waals surface area (Å²) < 4.78 is 6.05. The highest BCUT2D eigenvalue weighted by atomic mass is 32.2. The molecule has 0 amide bonds. The van der Waals surface area contributed by atoms with E-state index in [1.807, 2.05) is 0 Å². The van der Waals surface area contributed by atoms with Crippen LogP contribution in [0.1, 0.15) is 49.9 Å². The van der Waals surface area contributed by atoms with Crippen LogP contribution in [0.15, 0.2) is 23.1 Å². The smallest absolute Gasteiger partial charge is 0.335 e. The van der Waals surface area contributed by atoms with Gasteiger partial charge in [0.1, 0.15) is 5.75 Å². The van der Waals surface area contributed by atoms with E-state index in [4.69, 9.17) is 9.84 Å². The van der Waals surface area contributed by atoms with Gasteiger partial charge in [0.15, 0.2) is 4.93 Å². The molecule has 0 spiro atoms. The third-order valence-electron chi connectivity index (χ3n) is 3.23. The summed E-state index contributed by atoms with van der Waals surface area (Å²) in [4.78, 5) is 11.7. The van der Waals surface area contributed by atoms with Gasteiger partial charge in [-0.05, 0) is 37.5 Å². The van der Waals surface area contributed by atoms with Gasteiger partial charge in [-0.15, -0.1) is 0 Å². The zero-order valence-corrected chi connectivity index (χ0v) is 11.5. The number of fused-ring (bicyclic) bond motifs is 1. The van der Waals surface area contributed by atoms with Crippen molar-refractivity contribution in [2.45, 2.75) is 49.4 Å². The van der Waals surface area contributed by atoms with Crippen LogP contribution in [0.5, 0.6) is 5.75 Å². The van der Waals surface area contributed by atoms with Crippen molar-refractivity contribution >= 4 is 17.7 Å². The Kier molecular flexibility index (Phi) is 3.85. The maximum Gasteiger partial charge on any atom is 0.335 e. The SMILES string of the molecule is CCCCC1(CC)Oc2ccc(C(=O)O)cc2S1. The first-order chi connectivity index (χ1) is 8.60. The molecule has 0 saturated heterocycles. The van der Waals surface area contributed by atoms with Crippen LogP contribution in [-0.2, 0) is 0 Å². The summed E-state index contributed by atoms with van der Waals surface area (Å²) in [5.74, 6) is -0.0658. The molecule has 3 nitrogen and oxygen atoms in total. The van der Waals surface area contributed by atoms with E-state index < -0.39 is 5.97 Å². The molecule has 0 aliphatic carbocycles. The van der Waals surface area contributed by atoms with Crippen LogP contribution >= 0.6 is 11.8 Å². The van der Waals surface area contributed by atoms with Crippen molar-refractivity contribution in [3.05, 3.63) is 23.8 Å². The molecule has 0 aromatic heterocycles. The molecule has 1 N–H and O–H groups in total. The molecule has 18 heavy (non-hydrogen) atoms. The van der Waals surface area contributed by atoms with Crippen LogP contribution in [0, 0.1) is 0 Å². The van der Waals surface area contributed by atoms with Gasteiger partial charge in [-0.1, -0.05) is 32.0 Å². The van der Waals surface area contributed by atoms with Gasteiger partial charge in [0.2, 0.25) is 0 Å². The first-order valence-corrected chi connectivity index (χ1v) is 7.17. The van der Waals surface area contributed by atoms with Gasteiger partial charge in [-0.3, -0.25) is 0 Å². The number of ether oxygens (including phenoxy) is 1. The second kappa shape index (κ2) is 5.22. The Hall–Kier alpha value is -1.16. The van der Waals surface area contributed by atoms with E-state index in [0.717, 1.165) is 36.3 Å².